The number of hydrogen-bond acceptors (Lipinski definition) is 5. The predicted octanol–water partition coefficient (Wildman–Crippen LogP) is 1.52. The van der Waals surface area contributed by atoms with Crippen LogP contribution in [0.25, 0.3) is 0 Å². The average molecular weight is 378 g/mol. The zero-order chi connectivity index (χ0) is 18.9. The molecule has 8 heteroatoms. The lowest BCUT2D eigenvalue weighted by molar-refractivity contribution is -0.137. The van der Waals surface area contributed by atoms with Crippen LogP contribution in [-0.4, -0.2) is 60.6 Å². The summed E-state index contributed by atoms with van der Waals surface area (Å²) in [6, 6.07) is 7.70. The number of morpholine rings is 1. The third-order valence-corrected chi connectivity index (χ3v) is 3.95. The lowest BCUT2D eigenvalue weighted by Gasteiger charge is -2.26. The van der Waals surface area contributed by atoms with Crippen molar-refractivity contribution in [1.29, 1.82) is 0 Å². The number of carbonyl (C=O) groups is 1. The summed E-state index contributed by atoms with van der Waals surface area (Å²) >= 11 is 5.14. The summed E-state index contributed by atoms with van der Waals surface area (Å²) < 4.78 is 10.8. The summed E-state index contributed by atoms with van der Waals surface area (Å²) in [6.07, 6.45) is 0. The molecule has 0 spiro atoms. The van der Waals surface area contributed by atoms with Gasteiger partial charge in [-0.1, -0.05) is 0 Å². The van der Waals surface area contributed by atoms with E-state index in [9.17, 15) is 4.79 Å². The van der Waals surface area contributed by atoms with Gasteiger partial charge in [-0.2, -0.15) is 5.10 Å². The Labute approximate surface area is 159 Å². The Bertz CT molecular complexity index is 640. The molecule has 1 aliphatic rings. The number of thiocarbonyl (C=S) groups is 1. The molecule has 26 heavy (non-hydrogen) atoms. The molecule has 0 atom stereocenters. The van der Waals surface area contributed by atoms with Gasteiger partial charge < -0.3 is 19.7 Å². The van der Waals surface area contributed by atoms with Gasteiger partial charge in [0.15, 0.2) is 11.7 Å². The molecule has 2 rings (SSSR count). The molecular formula is C18H26N4O3S. The summed E-state index contributed by atoms with van der Waals surface area (Å²) in [6.45, 7) is 8.35. The Morgan fingerprint density at radius 1 is 1.31 bits per heavy atom. The zero-order valence-corrected chi connectivity index (χ0v) is 16.3. The Balaban J connectivity index is 1.83. The first kappa shape index (κ1) is 20.1. The van der Waals surface area contributed by atoms with E-state index in [-0.39, 0.29) is 18.6 Å². The Morgan fingerprint density at radius 3 is 2.58 bits per heavy atom. The molecule has 1 fully saturated rings. The van der Waals surface area contributed by atoms with Gasteiger partial charge >= 0.3 is 0 Å². The van der Waals surface area contributed by atoms with Crippen molar-refractivity contribution >= 4 is 28.9 Å². The number of carbonyl (C=O) groups excluding carboxylic acids is 1. The molecule has 1 aliphatic heterocycles. The molecule has 2 N–H and O–H groups in total. The topological polar surface area (TPSA) is 75.2 Å². The molecular weight excluding hydrogens is 352 g/mol. The van der Waals surface area contributed by atoms with E-state index in [0.717, 1.165) is 11.3 Å². The first-order valence-corrected chi connectivity index (χ1v) is 9.06. The predicted molar refractivity (Wildman–Crippen MR) is 106 cm³/mol. The monoisotopic (exact) mass is 378 g/mol. The lowest BCUT2D eigenvalue weighted by Crippen LogP contribution is -2.42. The molecule has 0 saturated carbocycles. The van der Waals surface area contributed by atoms with Gasteiger partial charge in [0, 0.05) is 19.1 Å². The molecule has 7 nitrogen and oxygen atoms in total. The fourth-order valence-electron chi connectivity index (χ4n) is 2.34. The number of amides is 1. The van der Waals surface area contributed by atoms with Crippen LogP contribution in [0.2, 0.25) is 0 Å². The maximum absolute atomic E-state index is 12.1. The van der Waals surface area contributed by atoms with Gasteiger partial charge in [-0.3, -0.25) is 10.2 Å². The first-order chi connectivity index (χ1) is 12.5. The van der Waals surface area contributed by atoms with Crippen LogP contribution < -0.4 is 15.5 Å². The highest BCUT2D eigenvalue weighted by atomic mass is 32.1. The Hall–Kier alpha value is -2.19. The van der Waals surface area contributed by atoms with Gasteiger partial charge in [-0.15, -0.1) is 0 Å². The summed E-state index contributed by atoms with van der Waals surface area (Å²) in [4.78, 5) is 13.8. The van der Waals surface area contributed by atoms with Crippen molar-refractivity contribution in [3.63, 3.8) is 0 Å². The fraction of sp³-hybridized carbons (Fsp3) is 0.500. The van der Waals surface area contributed by atoms with Crippen LogP contribution >= 0.6 is 12.2 Å². The van der Waals surface area contributed by atoms with Crippen molar-refractivity contribution in [2.24, 2.45) is 5.10 Å². The van der Waals surface area contributed by atoms with Gasteiger partial charge in [0.25, 0.3) is 5.91 Å². The van der Waals surface area contributed by atoms with E-state index in [1.807, 2.05) is 45.0 Å². The molecule has 1 aromatic carbocycles. The molecule has 1 heterocycles. The van der Waals surface area contributed by atoms with Crippen LogP contribution in [-0.2, 0) is 9.53 Å². The van der Waals surface area contributed by atoms with Crippen molar-refractivity contribution in [1.82, 2.24) is 15.6 Å². The molecule has 0 unspecified atom stereocenters. The van der Waals surface area contributed by atoms with Gasteiger partial charge in [0.1, 0.15) is 5.75 Å². The largest absolute Gasteiger partial charge is 0.484 e. The van der Waals surface area contributed by atoms with Gasteiger partial charge in [0.05, 0.1) is 18.9 Å². The summed E-state index contributed by atoms with van der Waals surface area (Å²) in [5.74, 6) is 0.624. The first-order valence-electron chi connectivity index (χ1n) is 8.65. The molecule has 0 bridgehead atoms. The number of nitrogens with one attached hydrogen (secondary N) is 2. The molecule has 1 saturated heterocycles. The van der Waals surface area contributed by atoms with Crippen molar-refractivity contribution in [3.05, 3.63) is 29.8 Å². The minimum Gasteiger partial charge on any atom is -0.484 e. The molecule has 0 radical (unpaired) electrons. The second kappa shape index (κ2) is 10.1. The third-order valence-electron chi connectivity index (χ3n) is 3.74. The maximum Gasteiger partial charge on any atom is 0.260 e. The van der Waals surface area contributed by atoms with Crippen LogP contribution in [0.1, 0.15) is 26.3 Å². The number of hydrazone groups is 1. The molecule has 1 amide bonds. The van der Waals surface area contributed by atoms with E-state index in [1.165, 1.54) is 0 Å². The second-order valence-corrected chi connectivity index (χ2v) is 6.65. The van der Waals surface area contributed by atoms with Crippen molar-refractivity contribution < 1.29 is 14.3 Å². The lowest BCUT2D eigenvalue weighted by atomic mass is 10.1. The average Bonchev–Trinajstić information content (AvgIpc) is 2.64. The van der Waals surface area contributed by atoms with E-state index < -0.39 is 0 Å². The standard InChI is InChI=1S/C18H26N4O3S/c1-13(2)19-18(26)21-20-14(3)15-4-6-16(7-5-15)25-12-17(23)22-8-10-24-11-9-22/h4-7,13H,8-12H2,1-3H3,(H2,19,21,26)/b20-14-. The highest BCUT2D eigenvalue weighted by molar-refractivity contribution is 7.80. The fourth-order valence-corrected chi connectivity index (χ4v) is 2.62. The third kappa shape index (κ3) is 6.61. The summed E-state index contributed by atoms with van der Waals surface area (Å²) in [5, 5.41) is 7.81. The van der Waals surface area contributed by atoms with E-state index in [4.69, 9.17) is 21.7 Å². The van der Waals surface area contributed by atoms with E-state index in [1.54, 1.807) is 4.90 Å². The normalized spacial score (nSPS) is 14.9. The SMILES string of the molecule is C/C(=N/NC(=S)NC(C)C)c1ccc(OCC(=O)N2CCOCC2)cc1. The minimum atomic E-state index is -0.0227. The van der Waals surface area contributed by atoms with Crippen LogP contribution in [0, 0.1) is 0 Å². The van der Waals surface area contributed by atoms with Gasteiger partial charge in [-0.05, 0) is 62.8 Å². The highest BCUT2D eigenvalue weighted by Gasteiger charge is 2.17. The smallest absolute Gasteiger partial charge is 0.260 e. The van der Waals surface area contributed by atoms with Crippen LogP contribution in [0.5, 0.6) is 5.75 Å². The van der Waals surface area contributed by atoms with Crippen molar-refractivity contribution in [2.75, 3.05) is 32.9 Å². The molecule has 142 valence electrons. The quantitative estimate of drug-likeness (QED) is 0.444. The van der Waals surface area contributed by atoms with E-state index in [2.05, 4.69) is 15.8 Å². The Kier molecular flexibility index (Phi) is 7.80. The van der Waals surface area contributed by atoms with Gasteiger partial charge in [-0.25, -0.2) is 0 Å². The van der Waals surface area contributed by atoms with Gasteiger partial charge in [0.2, 0.25) is 0 Å². The van der Waals surface area contributed by atoms with Crippen LogP contribution in [0.15, 0.2) is 29.4 Å². The zero-order valence-electron chi connectivity index (χ0n) is 15.4. The Morgan fingerprint density at radius 2 is 1.96 bits per heavy atom. The molecule has 0 aliphatic carbocycles. The van der Waals surface area contributed by atoms with Crippen LogP contribution in [0.4, 0.5) is 0 Å². The number of rotatable bonds is 6. The number of ether oxygens (including phenoxy) is 2. The maximum atomic E-state index is 12.1. The van der Waals surface area contributed by atoms with Crippen LogP contribution in [0.3, 0.4) is 0 Å². The van der Waals surface area contributed by atoms with Crippen molar-refractivity contribution in [2.45, 2.75) is 26.8 Å². The van der Waals surface area contributed by atoms with Crippen molar-refractivity contribution in [3.8, 4) is 5.75 Å². The number of benzene rings is 1. The number of nitrogens with zero attached hydrogens (tertiary/aromatic N) is 2. The molecule has 1 aromatic rings. The minimum absolute atomic E-state index is 0.0227. The van der Waals surface area contributed by atoms with E-state index >= 15 is 0 Å². The number of hydrogen-bond donors (Lipinski definition) is 2. The second-order valence-electron chi connectivity index (χ2n) is 6.24. The summed E-state index contributed by atoms with van der Waals surface area (Å²) in [7, 11) is 0. The highest BCUT2D eigenvalue weighted by Crippen LogP contribution is 2.13. The van der Waals surface area contributed by atoms with E-state index in [0.29, 0.717) is 37.2 Å². The summed E-state index contributed by atoms with van der Waals surface area (Å²) in [5.41, 5.74) is 4.56. The molecule has 0 aromatic heterocycles.